The van der Waals surface area contributed by atoms with Crippen molar-refractivity contribution in [2.75, 3.05) is 5.75 Å². The van der Waals surface area contributed by atoms with E-state index in [4.69, 9.17) is 0 Å². The molecular weight excluding hydrogens is 453 g/mol. The third-order valence-electron chi connectivity index (χ3n) is 4.17. The summed E-state index contributed by atoms with van der Waals surface area (Å²) in [5.74, 6) is 0.929. The average molecular weight is 471 g/mol. The van der Waals surface area contributed by atoms with Gasteiger partial charge in [0.1, 0.15) is 0 Å². The van der Waals surface area contributed by atoms with Crippen molar-refractivity contribution in [2.45, 2.75) is 21.4 Å². The van der Waals surface area contributed by atoms with Crippen LogP contribution in [0.25, 0.3) is 10.8 Å². The molecule has 30 heavy (non-hydrogen) atoms. The standard InChI is InChI=1S/C21H18N4OS4/c1-14(18-10-5-11-27-18)22-23-19(26)13-29-21-25-24-20(30-21)28-12-16-8-4-7-15-6-2-3-9-17(15)16/h2-11H,12-13H2,1H3,(H,23,26)/b22-14-. The Bertz CT molecular complexity index is 1170. The van der Waals surface area contributed by atoms with Crippen LogP contribution in [-0.4, -0.2) is 27.6 Å². The van der Waals surface area contributed by atoms with Gasteiger partial charge in [0.05, 0.1) is 11.5 Å². The normalized spacial score (nSPS) is 11.7. The lowest BCUT2D eigenvalue weighted by molar-refractivity contribution is -0.118. The molecule has 0 atom stereocenters. The van der Waals surface area contributed by atoms with Gasteiger partial charge in [-0.3, -0.25) is 4.79 Å². The number of carbonyl (C=O) groups excluding carboxylic acids is 1. The van der Waals surface area contributed by atoms with Crippen LogP contribution < -0.4 is 5.43 Å². The maximum Gasteiger partial charge on any atom is 0.250 e. The van der Waals surface area contributed by atoms with Crippen LogP contribution in [0, 0.1) is 0 Å². The Labute approximate surface area is 191 Å². The van der Waals surface area contributed by atoms with Crippen molar-refractivity contribution in [3.05, 3.63) is 70.4 Å². The molecule has 2 aromatic heterocycles. The van der Waals surface area contributed by atoms with E-state index in [-0.39, 0.29) is 11.7 Å². The number of aromatic nitrogens is 2. The number of thiophene rings is 1. The van der Waals surface area contributed by atoms with Crippen LogP contribution in [-0.2, 0) is 10.5 Å². The summed E-state index contributed by atoms with van der Waals surface area (Å²) in [7, 11) is 0. The van der Waals surface area contributed by atoms with Crippen LogP contribution >= 0.6 is 46.2 Å². The fraction of sp³-hybridized carbons (Fsp3) is 0.143. The van der Waals surface area contributed by atoms with Crippen molar-refractivity contribution in [1.29, 1.82) is 0 Å². The summed E-state index contributed by atoms with van der Waals surface area (Å²) < 4.78 is 1.68. The molecule has 0 fully saturated rings. The fourth-order valence-corrected chi connectivity index (χ4v) is 6.21. The van der Waals surface area contributed by atoms with Crippen LogP contribution in [0.15, 0.2) is 73.8 Å². The molecule has 0 saturated carbocycles. The number of amides is 1. The van der Waals surface area contributed by atoms with Crippen molar-refractivity contribution in [3.8, 4) is 0 Å². The Morgan fingerprint density at radius 2 is 1.83 bits per heavy atom. The minimum Gasteiger partial charge on any atom is -0.272 e. The lowest BCUT2D eigenvalue weighted by Crippen LogP contribution is -2.20. The Kier molecular flexibility index (Phi) is 7.16. The van der Waals surface area contributed by atoms with Crippen LogP contribution in [0.2, 0.25) is 0 Å². The van der Waals surface area contributed by atoms with Gasteiger partial charge in [0.15, 0.2) is 8.68 Å². The van der Waals surface area contributed by atoms with Crippen LogP contribution in [0.4, 0.5) is 0 Å². The molecule has 0 aliphatic heterocycles. The lowest BCUT2D eigenvalue weighted by Gasteiger charge is -2.04. The number of hydrogen-bond acceptors (Lipinski definition) is 8. The molecule has 0 bridgehead atoms. The highest BCUT2D eigenvalue weighted by Gasteiger charge is 2.10. The third-order valence-corrected chi connectivity index (χ3v) is 8.39. The number of fused-ring (bicyclic) bond motifs is 1. The second kappa shape index (κ2) is 10.2. The summed E-state index contributed by atoms with van der Waals surface area (Å²) in [6.45, 7) is 1.88. The molecule has 9 heteroatoms. The summed E-state index contributed by atoms with van der Waals surface area (Å²) >= 11 is 6.15. The highest BCUT2D eigenvalue weighted by Crippen LogP contribution is 2.32. The van der Waals surface area contributed by atoms with E-state index in [1.807, 2.05) is 24.4 Å². The largest absolute Gasteiger partial charge is 0.272 e. The van der Waals surface area contributed by atoms with Crippen LogP contribution in [0.1, 0.15) is 17.4 Å². The van der Waals surface area contributed by atoms with Gasteiger partial charge in [0.25, 0.3) is 5.91 Å². The van der Waals surface area contributed by atoms with Crippen molar-refractivity contribution in [3.63, 3.8) is 0 Å². The molecular formula is C21H18N4OS4. The minimum absolute atomic E-state index is 0.156. The minimum atomic E-state index is -0.156. The first-order valence-electron chi connectivity index (χ1n) is 9.12. The van der Waals surface area contributed by atoms with Gasteiger partial charge in [-0.15, -0.1) is 21.5 Å². The molecule has 1 amide bonds. The molecule has 0 saturated heterocycles. The smallest absolute Gasteiger partial charge is 0.250 e. The molecule has 0 aliphatic rings. The topological polar surface area (TPSA) is 67.2 Å². The van der Waals surface area contributed by atoms with Gasteiger partial charge < -0.3 is 0 Å². The zero-order valence-electron chi connectivity index (χ0n) is 16.1. The zero-order valence-corrected chi connectivity index (χ0v) is 19.3. The molecule has 2 heterocycles. The maximum atomic E-state index is 12.0. The number of hydrazone groups is 1. The third kappa shape index (κ3) is 5.48. The second-order valence-corrected chi connectivity index (χ2v) is 10.6. The van der Waals surface area contributed by atoms with Gasteiger partial charge in [0, 0.05) is 10.6 Å². The Balaban J connectivity index is 1.28. The number of rotatable bonds is 8. The van der Waals surface area contributed by atoms with Gasteiger partial charge in [-0.05, 0) is 34.7 Å². The van der Waals surface area contributed by atoms with Crippen LogP contribution in [0.5, 0.6) is 0 Å². The molecule has 1 N–H and O–H groups in total. The maximum absolute atomic E-state index is 12.0. The van der Waals surface area contributed by atoms with Crippen LogP contribution in [0.3, 0.4) is 0 Å². The number of thioether (sulfide) groups is 2. The van der Waals surface area contributed by atoms with Crippen molar-refractivity contribution >= 4 is 68.6 Å². The van der Waals surface area contributed by atoms with Crippen molar-refractivity contribution in [2.24, 2.45) is 5.10 Å². The highest BCUT2D eigenvalue weighted by atomic mass is 32.2. The zero-order chi connectivity index (χ0) is 20.8. The SMILES string of the molecule is C/C(=N/NC(=O)CSc1nnc(SCc2cccc3ccccc23)s1)c1cccs1. The summed E-state index contributed by atoms with van der Waals surface area (Å²) in [4.78, 5) is 13.1. The summed E-state index contributed by atoms with van der Waals surface area (Å²) in [6, 6.07) is 18.7. The predicted octanol–water partition coefficient (Wildman–Crippen LogP) is 5.68. The van der Waals surface area contributed by atoms with E-state index in [9.17, 15) is 4.79 Å². The molecule has 2 aromatic carbocycles. The molecule has 152 valence electrons. The Morgan fingerprint density at radius 1 is 1.03 bits per heavy atom. The van der Waals surface area contributed by atoms with Gasteiger partial charge in [-0.25, -0.2) is 5.43 Å². The lowest BCUT2D eigenvalue weighted by atomic mass is 10.1. The fourth-order valence-electron chi connectivity index (χ4n) is 2.72. The molecule has 0 radical (unpaired) electrons. The number of nitrogens with one attached hydrogen (secondary N) is 1. The monoisotopic (exact) mass is 470 g/mol. The Morgan fingerprint density at radius 3 is 2.67 bits per heavy atom. The first kappa shape index (κ1) is 21.0. The second-order valence-electron chi connectivity index (χ2n) is 6.26. The summed E-state index contributed by atoms with van der Waals surface area (Å²) in [5.41, 5.74) is 4.67. The number of benzene rings is 2. The van der Waals surface area contributed by atoms with E-state index >= 15 is 0 Å². The molecule has 5 nitrogen and oxygen atoms in total. The van der Waals surface area contributed by atoms with E-state index in [2.05, 4.69) is 63.2 Å². The number of hydrogen-bond donors (Lipinski definition) is 1. The Hall–Kier alpha value is -2.20. The number of carbonyl (C=O) groups is 1. The van der Waals surface area contributed by atoms with E-state index in [0.29, 0.717) is 0 Å². The average Bonchev–Trinajstić information content (AvgIpc) is 3.47. The van der Waals surface area contributed by atoms with E-state index in [1.54, 1.807) is 23.1 Å². The molecule has 0 spiro atoms. The molecule has 4 rings (SSSR count). The van der Waals surface area contributed by atoms with Gasteiger partial charge in [-0.2, -0.15) is 5.10 Å². The van der Waals surface area contributed by atoms with Gasteiger partial charge in [0.2, 0.25) is 0 Å². The highest BCUT2D eigenvalue weighted by molar-refractivity contribution is 8.03. The number of nitrogens with zero attached hydrogens (tertiary/aromatic N) is 3. The molecule has 4 aromatic rings. The van der Waals surface area contributed by atoms with E-state index in [1.165, 1.54) is 39.4 Å². The predicted molar refractivity (Wildman–Crippen MR) is 129 cm³/mol. The van der Waals surface area contributed by atoms with E-state index in [0.717, 1.165) is 25.0 Å². The summed E-state index contributed by atoms with van der Waals surface area (Å²) in [6.07, 6.45) is 0. The molecule has 0 aliphatic carbocycles. The first-order chi connectivity index (χ1) is 14.7. The van der Waals surface area contributed by atoms with Gasteiger partial charge in [-0.1, -0.05) is 83.4 Å². The van der Waals surface area contributed by atoms with Crippen molar-refractivity contribution in [1.82, 2.24) is 15.6 Å². The van der Waals surface area contributed by atoms with Gasteiger partial charge >= 0.3 is 0 Å². The first-order valence-corrected chi connectivity index (χ1v) is 12.8. The molecule has 0 unspecified atom stereocenters. The summed E-state index contributed by atoms with van der Waals surface area (Å²) in [5, 5.41) is 17.1. The quantitative estimate of drug-likeness (QED) is 0.204. The van der Waals surface area contributed by atoms with E-state index < -0.39 is 0 Å². The van der Waals surface area contributed by atoms with Crippen molar-refractivity contribution < 1.29 is 4.79 Å².